The van der Waals surface area contributed by atoms with Crippen molar-refractivity contribution in [2.45, 2.75) is 38.3 Å². The molecule has 64 valence electrons. The number of hydrogen-bond donors (Lipinski definition) is 2. The highest BCUT2D eigenvalue weighted by Gasteiger charge is 2.45. The smallest absolute Gasteiger partial charge is 0.0136 e. The predicted molar refractivity (Wildman–Crippen MR) is 46.3 cm³/mol. The van der Waals surface area contributed by atoms with E-state index in [2.05, 4.69) is 12.2 Å². The van der Waals surface area contributed by atoms with Crippen LogP contribution in [-0.2, 0) is 0 Å². The fraction of sp³-hybridized carbons (Fsp3) is 1.00. The van der Waals surface area contributed by atoms with Gasteiger partial charge in [-0.3, -0.25) is 0 Å². The number of nitrogens with one attached hydrogen (secondary N) is 1. The van der Waals surface area contributed by atoms with Gasteiger partial charge < -0.3 is 11.1 Å². The van der Waals surface area contributed by atoms with Crippen molar-refractivity contribution < 1.29 is 0 Å². The molecule has 0 bridgehead atoms. The molecule has 0 saturated heterocycles. The summed E-state index contributed by atoms with van der Waals surface area (Å²) < 4.78 is 0. The molecule has 2 aliphatic rings. The summed E-state index contributed by atoms with van der Waals surface area (Å²) in [4.78, 5) is 0. The van der Waals surface area contributed by atoms with Gasteiger partial charge in [0, 0.05) is 18.6 Å². The number of rotatable bonds is 3. The minimum atomic E-state index is 0.312. The fourth-order valence-corrected chi connectivity index (χ4v) is 2.23. The standard InChI is InChI=1S/C9H18N2/c1-6(10)5-11-9-3-7-2-8(7)4-9/h6-9,11H,2-5,10H2,1H3. The van der Waals surface area contributed by atoms with Crippen molar-refractivity contribution in [1.82, 2.24) is 5.32 Å². The summed E-state index contributed by atoms with van der Waals surface area (Å²) in [6.07, 6.45) is 4.34. The van der Waals surface area contributed by atoms with Gasteiger partial charge in [-0.1, -0.05) is 0 Å². The highest BCUT2D eigenvalue weighted by atomic mass is 15.0. The van der Waals surface area contributed by atoms with E-state index in [1.165, 1.54) is 19.3 Å². The number of nitrogens with two attached hydrogens (primary N) is 1. The van der Waals surface area contributed by atoms with Crippen LogP contribution in [0.3, 0.4) is 0 Å². The first-order valence-corrected chi connectivity index (χ1v) is 4.74. The maximum absolute atomic E-state index is 5.65. The van der Waals surface area contributed by atoms with E-state index in [1.54, 1.807) is 0 Å². The Kier molecular flexibility index (Phi) is 1.90. The molecule has 2 rings (SSSR count). The van der Waals surface area contributed by atoms with Gasteiger partial charge in [0.05, 0.1) is 0 Å². The van der Waals surface area contributed by atoms with E-state index in [4.69, 9.17) is 5.73 Å². The monoisotopic (exact) mass is 154 g/mol. The second-order valence-corrected chi connectivity index (χ2v) is 4.31. The molecule has 0 aromatic carbocycles. The van der Waals surface area contributed by atoms with E-state index >= 15 is 0 Å². The van der Waals surface area contributed by atoms with Gasteiger partial charge in [-0.05, 0) is 38.0 Å². The Hall–Kier alpha value is -0.0800. The Morgan fingerprint density at radius 3 is 2.55 bits per heavy atom. The first-order chi connectivity index (χ1) is 5.25. The molecular formula is C9H18N2. The van der Waals surface area contributed by atoms with E-state index in [1.807, 2.05) is 0 Å². The fourth-order valence-electron chi connectivity index (χ4n) is 2.23. The molecule has 0 amide bonds. The number of fused-ring (bicyclic) bond motifs is 1. The molecule has 3 unspecified atom stereocenters. The highest BCUT2D eigenvalue weighted by molar-refractivity contribution is 4.98. The molecule has 0 radical (unpaired) electrons. The van der Waals surface area contributed by atoms with Gasteiger partial charge in [0.2, 0.25) is 0 Å². The highest BCUT2D eigenvalue weighted by Crippen LogP contribution is 2.51. The normalized spacial score (nSPS) is 43.6. The topological polar surface area (TPSA) is 38.0 Å². The molecule has 3 N–H and O–H groups in total. The van der Waals surface area contributed by atoms with Crippen molar-refractivity contribution in [3.63, 3.8) is 0 Å². The largest absolute Gasteiger partial charge is 0.327 e. The Morgan fingerprint density at radius 1 is 1.36 bits per heavy atom. The predicted octanol–water partition coefficient (Wildman–Crippen LogP) is 0.722. The van der Waals surface area contributed by atoms with Crippen molar-refractivity contribution >= 4 is 0 Å². The van der Waals surface area contributed by atoms with Crippen LogP contribution in [0, 0.1) is 11.8 Å². The second kappa shape index (κ2) is 2.76. The van der Waals surface area contributed by atoms with Gasteiger partial charge in [-0.15, -0.1) is 0 Å². The minimum absolute atomic E-state index is 0.312. The third kappa shape index (κ3) is 1.74. The zero-order chi connectivity index (χ0) is 7.84. The van der Waals surface area contributed by atoms with Crippen LogP contribution >= 0.6 is 0 Å². The van der Waals surface area contributed by atoms with Crippen LogP contribution in [0.25, 0.3) is 0 Å². The quantitative estimate of drug-likeness (QED) is 0.628. The van der Waals surface area contributed by atoms with Crippen LogP contribution in [0.5, 0.6) is 0 Å². The lowest BCUT2D eigenvalue weighted by atomic mass is 10.1. The Balaban J connectivity index is 1.64. The van der Waals surface area contributed by atoms with Crippen molar-refractivity contribution in [2.24, 2.45) is 17.6 Å². The van der Waals surface area contributed by atoms with Crippen molar-refractivity contribution in [3.8, 4) is 0 Å². The van der Waals surface area contributed by atoms with Crippen molar-refractivity contribution in [2.75, 3.05) is 6.54 Å². The van der Waals surface area contributed by atoms with Gasteiger partial charge in [0.25, 0.3) is 0 Å². The van der Waals surface area contributed by atoms with E-state index in [9.17, 15) is 0 Å². The maximum atomic E-state index is 5.65. The first-order valence-electron chi connectivity index (χ1n) is 4.74. The van der Waals surface area contributed by atoms with E-state index < -0.39 is 0 Å². The number of hydrogen-bond acceptors (Lipinski definition) is 2. The van der Waals surface area contributed by atoms with Crippen molar-refractivity contribution in [1.29, 1.82) is 0 Å². The molecule has 0 aromatic rings. The van der Waals surface area contributed by atoms with Crippen LogP contribution in [0.4, 0.5) is 0 Å². The third-order valence-corrected chi connectivity index (χ3v) is 2.97. The SMILES string of the molecule is CC(N)CNC1CC2CC2C1. The molecule has 0 heterocycles. The summed E-state index contributed by atoms with van der Waals surface area (Å²) in [6.45, 7) is 3.05. The second-order valence-electron chi connectivity index (χ2n) is 4.31. The maximum Gasteiger partial charge on any atom is 0.0136 e. The van der Waals surface area contributed by atoms with E-state index in [0.29, 0.717) is 6.04 Å². The lowest BCUT2D eigenvalue weighted by Gasteiger charge is -2.15. The van der Waals surface area contributed by atoms with Gasteiger partial charge in [0.15, 0.2) is 0 Å². The van der Waals surface area contributed by atoms with Crippen LogP contribution in [-0.4, -0.2) is 18.6 Å². The average Bonchev–Trinajstić information content (AvgIpc) is 2.56. The zero-order valence-corrected chi connectivity index (χ0v) is 7.22. The molecule has 2 heteroatoms. The Bertz CT molecular complexity index is 134. The third-order valence-electron chi connectivity index (χ3n) is 2.97. The summed E-state index contributed by atoms with van der Waals surface area (Å²) in [5.41, 5.74) is 5.65. The molecular weight excluding hydrogens is 136 g/mol. The lowest BCUT2D eigenvalue weighted by molar-refractivity contribution is 0.463. The summed E-state index contributed by atoms with van der Waals surface area (Å²) in [5.74, 6) is 2.17. The molecule has 2 aliphatic carbocycles. The molecule has 2 nitrogen and oxygen atoms in total. The van der Waals surface area contributed by atoms with Crippen LogP contribution < -0.4 is 11.1 Å². The lowest BCUT2D eigenvalue weighted by Crippen LogP contribution is -2.37. The summed E-state index contributed by atoms with van der Waals surface area (Å²) >= 11 is 0. The Morgan fingerprint density at radius 2 is 2.00 bits per heavy atom. The summed E-state index contributed by atoms with van der Waals surface area (Å²) in [6, 6.07) is 1.11. The molecule has 2 fully saturated rings. The molecule has 0 aliphatic heterocycles. The van der Waals surface area contributed by atoms with Gasteiger partial charge in [-0.25, -0.2) is 0 Å². The van der Waals surface area contributed by atoms with Crippen LogP contribution in [0.15, 0.2) is 0 Å². The van der Waals surface area contributed by atoms with Gasteiger partial charge >= 0.3 is 0 Å². The van der Waals surface area contributed by atoms with Gasteiger partial charge in [-0.2, -0.15) is 0 Å². The Labute approximate surface area is 68.5 Å². The van der Waals surface area contributed by atoms with Crippen molar-refractivity contribution in [3.05, 3.63) is 0 Å². The average molecular weight is 154 g/mol. The van der Waals surface area contributed by atoms with Crippen LogP contribution in [0.1, 0.15) is 26.2 Å². The molecule has 3 atom stereocenters. The van der Waals surface area contributed by atoms with E-state index in [-0.39, 0.29) is 0 Å². The zero-order valence-electron chi connectivity index (χ0n) is 7.22. The molecule has 0 aromatic heterocycles. The van der Waals surface area contributed by atoms with Crippen LogP contribution in [0.2, 0.25) is 0 Å². The molecule has 0 spiro atoms. The van der Waals surface area contributed by atoms with Gasteiger partial charge in [0.1, 0.15) is 0 Å². The summed E-state index contributed by atoms with van der Waals surface area (Å²) in [7, 11) is 0. The summed E-state index contributed by atoms with van der Waals surface area (Å²) in [5, 5.41) is 3.52. The first kappa shape index (κ1) is 7.56. The van der Waals surface area contributed by atoms with E-state index in [0.717, 1.165) is 24.4 Å². The molecule has 11 heavy (non-hydrogen) atoms. The minimum Gasteiger partial charge on any atom is -0.327 e. The molecule has 2 saturated carbocycles.